The zero-order valence-corrected chi connectivity index (χ0v) is 19.5. The van der Waals surface area contributed by atoms with E-state index in [-0.39, 0.29) is 24.5 Å². The minimum Gasteiger partial charge on any atom is -0.480 e. The predicted molar refractivity (Wildman–Crippen MR) is 128 cm³/mol. The molecule has 3 N–H and O–H groups in total. The standard InChI is InChI=1S/C27H32N2O5/c1-2-9-24(26(31)32)28-25(30)21-14-7-8-15-23(21)29-27(33)34-16-22-19-12-5-3-10-17(19)18-11-4-6-13-20(18)22/h3-6,10-13,21-24H,2,7-9,14-16H2,1H3,(H,28,30)(H,29,33)(H,31,32)/t21-,23+,24+/m1/s1. The van der Waals surface area contributed by atoms with Gasteiger partial charge in [-0.3, -0.25) is 4.79 Å². The van der Waals surface area contributed by atoms with Crippen molar-refractivity contribution in [3.8, 4) is 11.1 Å². The fourth-order valence-electron chi connectivity index (χ4n) is 5.23. The second kappa shape index (κ2) is 10.7. The lowest BCUT2D eigenvalue weighted by Gasteiger charge is -2.31. The second-order valence-electron chi connectivity index (χ2n) is 9.16. The van der Waals surface area contributed by atoms with Crippen LogP contribution in [0.1, 0.15) is 62.5 Å². The average molecular weight is 465 g/mol. The lowest BCUT2D eigenvalue weighted by molar-refractivity contribution is -0.143. The van der Waals surface area contributed by atoms with Crippen LogP contribution in [0.25, 0.3) is 11.1 Å². The number of carboxylic acid groups (broad SMARTS) is 1. The molecule has 2 aliphatic carbocycles. The maximum Gasteiger partial charge on any atom is 0.407 e. The van der Waals surface area contributed by atoms with Crippen LogP contribution >= 0.6 is 0 Å². The topological polar surface area (TPSA) is 105 Å². The second-order valence-corrected chi connectivity index (χ2v) is 9.16. The molecule has 0 radical (unpaired) electrons. The van der Waals surface area contributed by atoms with Gasteiger partial charge in [0.25, 0.3) is 0 Å². The van der Waals surface area contributed by atoms with Crippen LogP contribution in [0.15, 0.2) is 48.5 Å². The van der Waals surface area contributed by atoms with Crippen molar-refractivity contribution >= 4 is 18.0 Å². The van der Waals surface area contributed by atoms with E-state index in [1.54, 1.807) is 0 Å². The van der Waals surface area contributed by atoms with Gasteiger partial charge in [-0.15, -0.1) is 0 Å². The van der Waals surface area contributed by atoms with Crippen LogP contribution in [0.4, 0.5) is 4.79 Å². The summed E-state index contributed by atoms with van der Waals surface area (Å²) < 4.78 is 5.65. The third kappa shape index (κ3) is 5.08. The normalized spacial score (nSPS) is 20.0. The number of carbonyl (C=O) groups is 3. The number of ether oxygens (including phenoxy) is 1. The molecular weight excluding hydrogens is 432 g/mol. The number of rotatable bonds is 8. The summed E-state index contributed by atoms with van der Waals surface area (Å²) in [6.07, 6.45) is 3.52. The van der Waals surface area contributed by atoms with Gasteiger partial charge in [-0.1, -0.05) is 74.7 Å². The molecule has 1 fully saturated rings. The maximum absolute atomic E-state index is 12.9. The van der Waals surface area contributed by atoms with Crippen molar-refractivity contribution in [3.05, 3.63) is 59.7 Å². The fraction of sp³-hybridized carbons (Fsp3) is 0.444. The first-order chi connectivity index (χ1) is 16.5. The fourth-order valence-corrected chi connectivity index (χ4v) is 5.23. The van der Waals surface area contributed by atoms with Crippen molar-refractivity contribution in [2.45, 2.75) is 63.5 Å². The molecule has 180 valence electrons. The summed E-state index contributed by atoms with van der Waals surface area (Å²) >= 11 is 0. The van der Waals surface area contributed by atoms with Crippen LogP contribution in [0.2, 0.25) is 0 Å². The van der Waals surface area contributed by atoms with E-state index in [1.807, 2.05) is 31.2 Å². The molecule has 1 saturated carbocycles. The molecule has 0 aromatic heterocycles. The average Bonchev–Trinajstić information content (AvgIpc) is 3.16. The van der Waals surface area contributed by atoms with E-state index >= 15 is 0 Å². The highest BCUT2D eigenvalue weighted by molar-refractivity contribution is 5.86. The molecule has 0 heterocycles. The maximum atomic E-state index is 12.9. The Hall–Kier alpha value is -3.35. The lowest BCUT2D eigenvalue weighted by Crippen LogP contribution is -2.51. The molecule has 4 rings (SSSR count). The number of aliphatic carboxylic acids is 1. The minimum atomic E-state index is -1.04. The van der Waals surface area contributed by atoms with Crippen molar-refractivity contribution in [2.24, 2.45) is 5.92 Å². The van der Waals surface area contributed by atoms with Gasteiger partial charge < -0.3 is 20.5 Å². The van der Waals surface area contributed by atoms with E-state index < -0.39 is 24.0 Å². The van der Waals surface area contributed by atoms with Gasteiger partial charge in [-0.05, 0) is 41.5 Å². The molecule has 0 aliphatic heterocycles. The third-order valence-corrected chi connectivity index (χ3v) is 6.94. The van der Waals surface area contributed by atoms with Crippen molar-refractivity contribution in [3.63, 3.8) is 0 Å². The first kappa shape index (κ1) is 23.8. The van der Waals surface area contributed by atoms with Crippen LogP contribution in [0.5, 0.6) is 0 Å². The van der Waals surface area contributed by atoms with E-state index in [0.29, 0.717) is 25.7 Å². The van der Waals surface area contributed by atoms with Crippen molar-refractivity contribution in [2.75, 3.05) is 6.61 Å². The molecule has 2 amide bonds. The van der Waals surface area contributed by atoms with Gasteiger partial charge in [0.2, 0.25) is 5.91 Å². The Morgan fingerprint density at radius 2 is 1.62 bits per heavy atom. The quantitative estimate of drug-likeness (QED) is 0.535. The number of benzene rings is 2. The number of amides is 2. The summed E-state index contributed by atoms with van der Waals surface area (Å²) in [6, 6.07) is 15.0. The molecule has 34 heavy (non-hydrogen) atoms. The smallest absolute Gasteiger partial charge is 0.407 e. The molecule has 7 heteroatoms. The Labute approximate surface area is 199 Å². The van der Waals surface area contributed by atoms with E-state index in [4.69, 9.17) is 4.74 Å². The lowest BCUT2D eigenvalue weighted by atomic mass is 9.83. The molecule has 2 aromatic carbocycles. The largest absolute Gasteiger partial charge is 0.480 e. The van der Waals surface area contributed by atoms with Crippen molar-refractivity contribution < 1.29 is 24.2 Å². The Bertz CT molecular complexity index is 1010. The molecule has 2 aromatic rings. The molecule has 0 saturated heterocycles. The SMILES string of the molecule is CCC[C@H](NC(=O)[C@@H]1CCCC[C@@H]1NC(=O)OCC1c2ccccc2-c2ccccc21)C(=O)O. The van der Waals surface area contributed by atoms with Crippen molar-refractivity contribution in [1.82, 2.24) is 10.6 Å². The summed E-state index contributed by atoms with van der Waals surface area (Å²) in [5.41, 5.74) is 4.61. The summed E-state index contributed by atoms with van der Waals surface area (Å²) in [7, 11) is 0. The molecule has 7 nitrogen and oxygen atoms in total. The number of alkyl carbamates (subject to hydrolysis) is 1. The monoisotopic (exact) mass is 464 g/mol. The highest BCUT2D eigenvalue weighted by Gasteiger charge is 2.35. The van der Waals surface area contributed by atoms with E-state index in [2.05, 4.69) is 34.9 Å². The number of carbonyl (C=O) groups excluding carboxylic acids is 2. The summed E-state index contributed by atoms with van der Waals surface area (Å²) in [5.74, 6) is -1.85. The van der Waals surface area contributed by atoms with Gasteiger partial charge >= 0.3 is 12.1 Å². The predicted octanol–water partition coefficient (Wildman–Crippen LogP) is 4.45. The van der Waals surface area contributed by atoms with Gasteiger partial charge in [-0.2, -0.15) is 0 Å². The van der Waals surface area contributed by atoms with Gasteiger partial charge in [0.05, 0.1) is 5.92 Å². The number of carboxylic acids is 1. The molecule has 0 bridgehead atoms. The Morgan fingerprint density at radius 1 is 1.00 bits per heavy atom. The molecular formula is C27H32N2O5. The van der Waals surface area contributed by atoms with Gasteiger partial charge in [0.1, 0.15) is 12.6 Å². The zero-order chi connectivity index (χ0) is 24.1. The zero-order valence-electron chi connectivity index (χ0n) is 19.5. The van der Waals surface area contributed by atoms with Crippen molar-refractivity contribution in [1.29, 1.82) is 0 Å². The van der Waals surface area contributed by atoms with Crippen LogP contribution in [-0.2, 0) is 14.3 Å². The summed E-state index contributed by atoms with van der Waals surface area (Å²) in [6.45, 7) is 2.09. The molecule has 0 spiro atoms. The minimum absolute atomic E-state index is 0.0334. The van der Waals surface area contributed by atoms with Crippen LogP contribution in [0.3, 0.4) is 0 Å². The Balaban J connectivity index is 1.38. The van der Waals surface area contributed by atoms with Crippen LogP contribution < -0.4 is 10.6 Å². The molecule has 0 unspecified atom stereocenters. The first-order valence-electron chi connectivity index (χ1n) is 12.1. The summed E-state index contributed by atoms with van der Waals surface area (Å²) in [4.78, 5) is 37.0. The van der Waals surface area contributed by atoms with E-state index in [1.165, 1.54) is 0 Å². The van der Waals surface area contributed by atoms with Gasteiger partial charge in [-0.25, -0.2) is 9.59 Å². The van der Waals surface area contributed by atoms with Crippen LogP contribution in [0, 0.1) is 5.92 Å². The van der Waals surface area contributed by atoms with Crippen LogP contribution in [-0.4, -0.2) is 41.8 Å². The van der Waals surface area contributed by atoms with Gasteiger partial charge in [0, 0.05) is 12.0 Å². The molecule has 2 aliphatic rings. The molecule has 3 atom stereocenters. The number of fused-ring (bicyclic) bond motifs is 3. The number of hydrogen-bond acceptors (Lipinski definition) is 4. The van der Waals surface area contributed by atoms with E-state index in [0.717, 1.165) is 35.1 Å². The highest BCUT2D eigenvalue weighted by Crippen LogP contribution is 2.44. The summed E-state index contributed by atoms with van der Waals surface area (Å²) in [5, 5.41) is 14.9. The van der Waals surface area contributed by atoms with Gasteiger partial charge in [0.15, 0.2) is 0 Å². The highest BCUT2D eigenvalue weighted by atomic mass is 16.5. The van der Waals surface area contributed by atoms with E-state index in [9.17, 15) is 19.5 Å². The number of hydrogen-bond donors (Lipinski definition) is 3. The Kier molecular flexibility index (Phi) is 7.50. The first-order valence-corrected chi connectivity index (χ1v) is 12.1. The Morgan fingerprint density at radius 3 is 2.24 bits per heavy atom. The number of nitrogens with one attached hydrogen (secondary N) is 2. The third-order valence-electron chi connectivity index (χ3n) is 6.94.